The van der Waals surface area contributed by atoms with Gasteiger partial charge < -0.3 is 10.1 Å². The first-order chi connectivity index (χ1) is 10.4. The molecule has 0 aliphatic rings. The zero-order valence-electron chi connectivity index (χ0n) is 12.3. The van der Waals surface area contributed by atoms with Crippen LogP contribution < -0.4 is 10.1 Å². The highest BCUT2D eigenvalue weighted by Crippen LogP contribution is 2.20. The van der Waals surface area contributed by atoms with Gasteiger partial charge in [-0.2, -0.15) is 4.39 Å². The summed E-state index contributed by atoms with van der Waals surface area (Å²) in [5.41, 5.74) is 1.63. The number of sulfone groups is 1. The van der Waals surface area contributed by atoms with Gasteiger partial charge in [-0.3, -0.25) is 0 Å². The summed E-state index contributed by atoms with van der Waals surface area (Å²) in [6.07, 6.45) is 2.48. The number of pyridine rings is 1. The fourth-order valence-electron chi connectivity index (χ4n) is 2.00. The van der Waals surface area contributed by atoms with Crippen LogP contribution in [0.25, 0.3) is 0 Å². The molecular formula is C15H17FN2O3S. The van der Waals surface area contributed by atoms with E-state index in [-0.39, 0.29) is 12.3 Å². The van der Waals surface area contributed by atoms with Crippen LogP contribution in [-0.4, -0.2) is 26.8 Å². The zero-order valence-corrected chi connectivity index (χ0v) is 13.2. The first-order valence-corrected chi connectivity index (χ1v) is 8.63. The van der Waals surface area contributed by atoms with E-state index in [9.17, 15) is 12.8 Å². The summed E-state index contributed by atoms with van der Waals surface area (Å²) in [5, 5.41) is 3.04. The maximum Gasteiger partial charge on any atom is 0.218 e. The van der Waals surface area contributed by atoms with E-state index >= 15 is 0 Å². The number of rotatable bonds is 6. The van der Waals surface area contributed by atoms with E-state index in [1.165, 1.54) is 19.6 Å². The Balaban J connectivity index is 2.18. The van der Waals surface area contributed by atoms with Crippen molar-refractivity contribution < 1.29 is 17.5 Å². The molecule has 2 rings (SSSR count). The Hall–Kier alpha value is -2.15. The third-order valence-electron chi connectivity index (χ3n) is 3.03. The van der Waals surface area contributed by atoms with E-state index in [1.54, 1.807) is 30.3 Å². The van der Waals surface area contributed by atoms with Crippen LogP contribution in [0.4, 0.5) is 10.1 Å². The van der Waals surface area contributed by atoms with Gasteiger partial charge in [-0.05, 0) is 17.7 Å². The first-order valence-electron chi connectivity index (χ1n) is 6.57. The Kier molecular flexibility index (Phi) is 4.97. The van der Waals surface area contributed by atoms with Crippen molar-refractivity contribution >= 4 is 15.5 Å². The summed E-state index contributed by atoms with van der Waals surface area (Å²) >= 11 is 0. The smallest absolute Gasteiger partial charge is 0.218 e. The number of nitrogens with zero attached hydrogens (tertiary/aromatic N) is 1. The SMILES string of the molecule is COc1cnc(F)c(CNc2ccccc2CS(C)(=O)=O)c1. The molecule has 118 valence electrons. The first kappa shape index (κ1) is 16.2. The molecule has 0 aliphatic heterocycles. The minimum Gasteiger partial charge on any atom is -0.495 e. The molecule has 5 nitrogen and oxygen atoms in total. The molecule has 1 heterocycles. The molecule has 0 amide bonds. The lowest BCUT2D eigenvalue weighted by atomic mass is 10.2. The Morgan fingerprint density at radius 2 is 2.00 bits per heavy atom. The van der Waals surface area contributed by atoms with Gasteiger partial charge in [-0.1, -0.05) is 18.2 Å². The maximum absolute atomic E-state index is 13.7. The molecule has 0 unspecified atom stereocenters. The molecule has 7 heteroatoms. The second-order valence-corrected chi connectivity index (χ2v) is 7.05. The minimum absolute atomic E-state index is 0.0744. The molecule has 0 saturated heterocycles. The molecule has 1 aromatic carbocycles. The van der Waals surface area contributed by atoms with Crippen LogP contribution in [0.2, 0.25) is 0 Å². The summed E-state index contributed by atoms with van der Waals surface area (Å²) in [4.78, 5) is 3.62. The van der Waals surface area contributed by atoms with Crippen LogP contribution in [0, 0.1) is 5.95 Å². The summed E-state index contributed by atoms with van der Waals surface area (Å²) in [6.45, 7) is 0.177. The minimum atomic E-state index is -3.15. The lowest BCUT2D eigenvalue weighted by Crippen LogP contribution is -2.08. The summed E-state index contributed by atoms with van der Waals surface area (Å²) in [5.74, 6) is -0.203. The normalized spacial score (nSPS) is 11.2. The van der Waals surface area contributed by atoms with E-state index < -0.39 is 15.8 Å². The number of hydrogen-bond acceptors (Lipinski definition) is 5. The molecule has 0 fully saturated rings. The van der Waals surface area contributed by atoms with Crippen LogP contribution in [0.1, 0.15) is 11.1 Å². The van der Waals surface area contributed by atoms with Gasteiger partial charge in [-0.15, -0.1) is 0 Å². The fraction of sp³-hybridized carbons (Fsp3) is 0.267. The highest BCUT2D eigenvalue weighted by Gasteiger charge is 2.10. The molecule has 0 saturated carbocycles. The van der Waals surface area contributed by atoms with E-state index in [1.807, 2.05) is 0 Å². The number of para-hydroxylation sites is 1. The summed E-state index contributed by atoms with van der Waals surface area (Å²) < 4.78 is 41.6. The largest absolute Gasteiger partial charge is 0.495 e. The molecule has 1 aromatic heterocycles. The van der Waals surface area contributed by atoms with E-state index in [0.717, 1.165) is 0 Å². The summed E-state index contributed by atoms with van der Waals surface area (Å²) in [6, 6.07) is 8.58. The molecule has 1 N–H and O–H groups in total. The highest BCUT2D eigenvalue weighted by atomic mass is 32.2. The average molecular weight is 324 g/mol. The van der Waals surface area contributed by atoms with Crippen molar-refractivity contribution in [3.8, 4) is 5.75 Å². The number of nitrogens with one attached hydrogen (secondary N) is 1. The molecule has 0 radical (unpaired) electrons. The van der Waals surface area contributed by atoms with Crippen molar-refractivity contribution in [1.29, 1.82) is 0 Å². The van der Waals surface area contributed by atoms with E-state index in [2.05, 4.69) is 10.3 Å². The Bertz CT molecular complexity index is 763. The van der Waals surface area contributed by atoms with Gasteiger partial charge in [0, 0.05) is 24.1 Å². The van der Waals surface area contributed by atoms with Crippen LogP contribution in [0.3, 0.4) is 0 Å². The zero-order chi connectivity index (χ0) is 16.2. The van der Waals surface area contributed by atoms with E-state index in [0.29, 0.717) is 22.6 Å². The van der Waals surface area contributed by atoms with Crippen molar-refractivity contribution in [2.45, 2.75) is 12.3 Å². The lowest BCUT2D eigenvalue weighted by Gasteiger charge is -2.12. The maximum atomic E-state index is 13.7. The predicted molar refractivity (Wildman–Crippen MR) is 83.1 cm³/mol. The molecule has 2 aromatic rings. The molecule has 22 heavy (non-hydrogen) atoms. The van der Waals surface area contributed by atoms with Crippen molar-refractivity contribution in [3.63, 3.8) is 0 Å². The predicted octanol–water partition coefficient (Wildman–Crippen LogP) is 2.39. The Labute approximate surface area is 129 Å². The van der Waals surface area contributed by atoms with Gasteiger partial charge in [-0.25, -0.2) is 13.4 Å². The Morgan fingerprint density at radius 1 is 1.27 bits per heavy atom. The van der Waals surface area contributed by atoms with Crippen LogP contribution in [0.15, 0.2) is 36.5 Å². The molecule has 0 spiro atoms. The number of halogens is 1. The standard InChI is InChI=1S/C15H17FN2O3S/c1-21-13-7-12(15(16)18-9-13)8-17-14-6-4-3-5-11(14)10-22(2,19)20/h3-7,9,17H,8,10H2,1-2H3. The van der Waals surface area contributed by atoms with Gasteiger partial charge in [0.25, 0.3) is 0 Å². The van der Waals surface area contributed by atoms with Gasteiger partial charge in [0.1, 0.15) is 5.75 Å². The average Bonchev–Trinajstić information content (AvgIpc) is 2.46. The fourth-order valence-corrected chi connectivity index (χ4v) is 2.82. The second-order valence-electron chi connectivity index (χ2n) is 4.91. The number of hydrogen-bond donors (Lipinski definition) is 1. The van der Waals surface area contributed by atoms with Crippen LogP contribution in [-0.2, 0) is 22.1 Å². The third kappa shape index (κ3) is 4.42. The van der Waals surface area contributed by atoms with Gasteiger partial charge in [0.05, 0.1) is 19.1 Å². The van der Waals surface area contributed by atoms with Crippen LogP contribution in [0.5, 0.6) is 5.75 Å². The highest BCUT2D eigenvalue weighted by molar-refractivity contribution is 7.89. The molecule has 0 bridgehead atoms. The topological polar surface area (TPSA) is 68.3 Å². The number of ether oxygens (including phenoxy) is 1. The number of methoxy groups -OCH3 is 1. The van der Waals surface area contributed by atoms with Crippen molar-refractivity contribution in [2.75, 3.05) is 18.7 Å². The van der Waals surface area contributed by atoms with Crippen molar-refractivity contribution in [2.24, 2.45) is 0 Å². The molecular weight excluding hydrogens is 307 g/mol. The van der Waals surface area contributed by atoms with Crippen molar-refractivity contribution in [1.82, 2.24) is 4.98 Å². The molecule has 0 aliphatic carbocycles. The summed E-state index contributed by atoms with van der Waals surface area (Å²) in [7, 11) is -1.67. The number of benzene rings is 1. The van der Waals surface area contributed by atoms with Gasteiger partial charge in [0.2, 0.25) is 5.95 Å². The lowest BCUT2D eigenvalue weighted by molar-refractivity contribution is 0.409. The number of anilines is 1. The monoisotopic (exact) mass is 324 g/mol. The van der Waals surface area contributed by atoms with Gasteiger partial charge >= 0.3 is 0 Å². The van der Waals surface area contributed by atoms with E-state index in [4.69, 9.17) is 4.74 Å². The van der Waals surface area contributed by atoms with Crippen molar-refractivity contribution in [3.05, 3.63) is 53.6 Å². The molecule has 0 atom stereocenters. The quantitative estimate of drug-likeness (QED) is 0.826. The van der Waals surface area contributed by atoms with Gasteiger partial charge in [0.15, 0.2) is 9.84 Å². The Morgan fingerprint density at radius 3 is 2.68 bits per heavy atom. The third-order valence-corrected chi connectivity index (χ3v) is 3.86. The van der Waals surface area contributed by atoms with Crippen LogP contribution >= 0.6 is 0 Å². The second kappa shape index (κ2) is 6.74. The number of aromatic nitrogens is 1.